The van der Waals surface area contributed by atoms with Crippen molar-refractivity contribution in [1.29, 1.82) is 0 Å². The normalized spacial score (nSPS) is 11.2. The number of fused-ring (bicyclic) bond motifs is 1. The lowest BCUT2D eigenvalue weighted by molar-refractivity contribution is 0.861. The molecule has 0 amide bonds. The van der Waals surface area contributed by atoms with Gasteiger partial charge in [0.1, 0.15) is 5.82 Å². The molecule has 0 spiro atoms. The molecule has 0 saturated carbocycles. The molecule has 0 atom stereocenters. The van der Waals surface area contributed by atoms with Crippen LogP contribution in [0.1, 0.15) is 37.8 Å². The second kappa shape index (κ2) is 5.27. The average Bonchev–Trinajstić information content (AvgIpc) is 2.34. The topological polar surface area (TPSA) is 24.9 Å². The summed E-state index contributed by atoms with van der Waals surface area (Å²) >= 11 is 3.59. The van der Waals surface area contributed by atoms with E-state index in [1.54, 1.807) is 0 Å². The lowest BCUT2D eigenvalue weighted by Gasteiger charge is -2.15. The molecule has 1 aromatic heterocycles. The van der Waals surface area contributed by atoms with Crippen molar-refractivity contribution in [2.75, 3.05) is 11.9 Å². The molecule has 1 aromatic carbocycles. The summed E-state index contributed by atoms with van der Waals surface area (Å²) in [5, 5.41) is 4.60. The molecule has 0 aliphatic rings. The van der Waals surface area contributed by atoms with E-state index in [0.717, 1.165) is 22.4 Å². The maximum absolute atomic E-state index is 4.79. The molecule has 2 rings (SSSR count). The number of pyridine rings is 1. The van der Waals surface area contributed by atoms with Crippen molar-refractivity contribution in [2.45, 2.75) is 33.6 Å². The standard InChI is InChI=1S/C15H19BrN2/c1-5-17-15-11(9(2)3)8-12-10(4)6-7-13(16)14(12)18-15/h6-9H,5H2,1-4H3,(H,17,18). The van der Waals surface area contributed by atoms with E-state index in [2.05, 4.69) is 67.1 Å². The molecule has 0 saturated heterocycles. The minimum atomic E-state index is 0.467. The molecule has 0 radical (unpaired) electrons. The minimum absolute atomic E-state index is 0.467. The number of benzene rings is 1. The Hall–Kier alpha value is -1.09. The molecule has 0 fully saturated rings. The van der Waals surface area contributed by atoms with Crippen molar-refractivity contribution < 1.29 is 0 Å². The number of hydrogen-bond acceptors (Lipinski definition) is 2. The highest BCUT2D eigenvalue weighted by atomic mass is 79.9. The summed E-state index contributed by atoms with van der Waals surface area (Å²) in [6.07, 6.45) is 0. The van der Waals surface area contributed by atoms with Gasteiger partial charge in [0.05, 0.1) is 5.52 Å². The van der Waals surface area contributed by atoms with E-state index in [1.807, 2.05) is 0 Å². The first-order chi connectivity index (χ1) is 8.54. The molecule has 96 valence electrons. The summed E-state index contributed by atoms with van der Waals surface area (Å²) in [7, 11) is 0. The SMILES string of the molecule is CCNc1nc2c(Br)ccc(C)c2cc1C(C)C. The zero-order valence-corrected chi connectivity index (χ0v) is 12.9. The van der Waals surface area contributed by atoms with Crippen molar-refractivity contribution in [3.8, 4) is 0 Å². The van der Waals surface area contributed by atoms with Gasteiger partial charge in [-0.2, -0.15) is 0 Å². The van der Waals surface area contributed by atoms with Crippen LogP contribution in [0.2, 0.25) is 0 Å². The largest absolute Gasteiger partial charge is 0.370 e. The van der Waals surface area contributed by atoms with E-state index in [9.17, 15) is 0 Å². The first kappa shape index (κ1) is 13.3. The highest BCUT2D eigenvalue weighted by molar-refractivity contribution is 9.10. The van der Waals surface area contributed by atoms with Gasteiger partial charge in [0.2, 0.25) is 0 Å². The van der Waals surface area contributed by atoms with Crippen LogP contribution in [-0.4, -0.2) is 11.5 Å². The van der Waals surface area contributed by atoms with Gasteiger partial charge >= 0.3 is 0 Å². The van der Waals surface area contributed by atoms with Crippen molar-refractivity contribution in [3.05, 3.63) is 33.8 Å². The first-order valence-corrected chi connectivity index (χ1v) is 7.17. The van der Waals surface area contributed by atoms with E-state index in [-0.39, 0.29) is 0 Å². The number of nitrogens with one attached hydrogen (secondary N) is 1. The van der Waals surface area contributed by atoms with Crippen LogP contribution >= 0.6 is 15.9 Å². The lowest BCUT2D eigenvalue weighted by Crippen LogP contribution is -2.05. The Morgan fingerprint density at radius 1 is 1.33 bits per heavy atom. The maximum Gasteiger partial charge on any atom is 0.130 e. The van der Waals surface area contributed by atoms with Gasteiger partial charge in [0.25, 0.3) is 0 Å². The quantitative estimate of drug-likeness (QED) is 0.876. The highest BCUT2D eigenvalue weighted by Crippen LogP contribution is 2.31. The van der Waals surface area contributed by atoms with Crippen LogP contribution in [0.3, 0.4) is 0 Å². The number of halogens is 1. The lowest BCUT2D eigenvalue weighted by atomic mass is 10.00. The third-order valence-electron chi connectivity index (χ3n) is 3.15. The van der Waals surface area contributed by atoms with E-state index in [4.69, 9.17) is 4.98 Å². The van der Waals surface area contributed by atoms with Gasteiger partial charge in [-0.25, -0.2) is 4.98 Å². The Labute approximate surface area is 117 Å². The van der Waals surface area contributed by atoms with Gasteiger partial charge in [0.15, 0.2) is 0 Å². The second-order valence-corrected chi connectivity index (χ2v) is 5.73. The summed E-state index contributed by atoms with van der Waals surface area (Å²) in [6, 6.07) is 6.46. The molecule has 0 aliphatic heterocycles. The molecular weight excluding hydrogens is 288 g/mol. The van der Waals surface area contributed by atoms with Crippen LogP contribution in [0.15, 0.2) is 22.7 Å². The van der Waals surface area contributed by atoms with Crippen LogP contribution in [-0.2, 0) is 0 Å². The van der Waals surface area contributed by atoms with Crippen LogP contribution in [0, 0.1) is 6.92 Å². The smallest absolute Gasteiger partial charge is 0.130 e. The summed E-state index contributed by atoms with van der Waals surface area (Å²) in [4.78, 5) is 4.79. The van der Waals surface area contributed by atoms with Gasteiger partial charge < -0.3 is 5.32 Å². The zero-order chi connectivity index (χ0) is 13.3. The maximum atomic E-state index is 4.79. The van der Waals surface area contributed by atoms with Crippen molar-refractivity contribution >= 4 is 32.7 Å². The van der Waals surface area contributed by atoms with E-state index in [0.29, 0.717) is 5.92 Å². The first-order valence-electron chi connectivity index (χ1n) is 6.38. The van der Waals surface area contributed by atoms with Crippen molar-refractivity contribution in [1.82, 2.24) is 4.98 Å². The van der Waals surface area contributed by atoms with Crippen LogP contribution < -0.4 is 5.32 Å². The third kappa shape index (κ3) is 2.37. The number of hydrogen-bond donors (Lipinski definition) is 1. The second-order valence-electron chi connectivity index (χ2n) is 4.87. The molecule has 1 N–H and O–H groups in total. The Kier molecular flexibility index (Phi) is 3.91. The van der Waals surface area contributed by atoms with E-state index >= 15 is 0 Å². The number of anilines is 1. The monoisotopic (exact) mass is 306 g/mol. The van der Waals surface area contributed by atoms with Crippen LogP contribution in [0.5, 0.6) is 0 Å². The average molecular weight is 307 g/mol. The Morgan fingerprint density at radius 2 is 2.06 bits per heavy atom. The molecule has 2 aromatic rings. The number of rotatable bonds is 3. The van der Waals surface area contributed by atoms with Crippen LogP contribution in [0.4, 0.5) is 5.82 Å². The van der Waals surface area contributed by atoms with Gasteiger partial charge in [-0.1, -0.05) is 19.9 Å². The molecule has 18 heavy (non-hydrogen) atoms. The predicted octanol–water partition coefficient (Wildman–Crippen LogP) is 4.86. The number of aromatic nitrogens is 1. The molecule has 0 unspecified atom stereocenters. The van der Waals surface area contributed by atoms with Crippen molar-refractivity contribution in [2.24, 2.45) is 0 Å². The van der Waals surface area contributed by atoms with Crippen LogP contribution in [0.25, 0.3) is 10.9 Å². The van der Waals surface area contributed by atoms with Crippen molar-refractivity contribution in [3.63, 3.8) is 0 Å². The molecule has 2 nitrogen and oxygen atoms in total. The fraction of sp³-hybridized carbons (Fsp3) is 0.400. The van der Waals surface area contributed by atoms with Gasteiger partial charge in [-0.3, -0.25) is 0 Å². The summed E-state index contributed by atoms with van der Waals surface area (Å²) in [5.41, 5.74) is 3.59. The van der Waals surface area contributed by atoms with E-state index in [1.165, 1.54) is 16.5 Å². The molecule has 3 heteroatoms. The third-order valence-corrected chi connectivity index (χ3v) is 3.79. The summed E-state index contributed by atoms with van der Waals surface area (Å²) < 4.78 is 1.05. The Balaban J connectivity index is 2.75. The predicted molar refractivity (Wildman–Crippen MR) is 82.4 cm³/mol. The molecule has 0 bridgehead atoms. The fourth-order valence-electron chi connectivity index (χ4n) is 2.13. The summed E-state index contributed by atoms with van der Waals surface area (Å²) in [5.74, 6) is 1.47. The Morgan fingerprint density at radius 3 is 2.67 bits per heavy atom. The molecule has 0 aliphatic carbocycles. The molecular formula is C15H19BrN2. The fourth-order valence-corrected chi connectivity index (χ4v) is 2.56. The van der Waals surface area contributed by atoms with Gasteiger partial charge in [0, 0.05) is 16.4 Å². The minimum Gasteiger partial charge on any atom is -0.370 e. The van der Waals surface area contributed by atoms with Gasteiger partial charge in [-0.15, -0.1) is 0 Å². The van der Waals surface area contributed by atoms with Gasteiger partial charge in [-0.05, 0) is 59.0 Å². The zero-order valence-electron chi connectivity index (χ0n) is 11.3. The number of nitrogens with zero attached hydrogens (tertiary/aromatic N) is 1. The van der Waals surface area contributed by atoms with E-state index < -0.39 is 0 Å². The summed E-state index contributed by atoms with van der Waals surface area (Å²) in [6.45, 7) is 9.53. The Bertz CT molecular complexity index is 576. The number of aryl methyl sites for hydroxylation is 1. The molecule has 1 heterocycles. The highest BCUT2D eigenvalue weighted by Gasteiger charge is 2.12.